The van der Waals surface area contributed by atoms with Crippen molar-refractivity contribution >= 4 is 27.7 Å². The van der Waals surface area contributed by atoms with Gasteiger partial charge in [-0.1, -0.05) is 5.16 Å². The Balaban J connectivity index is 1.93. The Labute approximate surface area is 155 Å². The lowest BCUT2D eigenvalue weighted by molar-refractivity contribution is -0.153. The SMILES string of the molecule is Cc1cc(NC(=O)[C@@H](C)OC(=O)CN(C)S(=O)(=O)c2ccc(F)cc2)no1. The van der Waals surface area contributed by atoms with Crippen LogP contribution in [0, 0.1) is 12.7 Å². The first-order valence-electron chi connectivity index (χ1n) is 7.75. The summed E-state index contributed by atoms with van der Waals surface area (Å²) in [7, 11) is -2.84. The largest absolute Gasteiger partial charge is 0.452 e. The molecule has 0 spiro atoms. The maximum atomic E-state index is 12.9. The number of aromatic nitrogens is 1. The summed E-state index contributed by atoms with van der Waals surface area (Å²) in [5.74, 6) is -1.51. The molecule has 0 bridgehead atoms. The van der Waals surface area contributed by atoms with Crippen LogP contribution in [-0.2, 0) is 24.3 Å². The van der Waals surface area contributed by atoms with Crippen LogP contribution < -0.4 is 5.32 Å². The third-order valence-corrected chi connectivity index (χ3v) is 5.25. The molecule has 1 atom stereocenters. The lowest BCUT2D eigenvalue weighted by atomic mass is 10.3. The first kappa shape index (κ1) is 20.5. The van der Waals surface area contributed by atoms with E-state index in [0.29, 0.717) is 5.76 Å². The zero-order valence-electron chi connectivity index (χ0n) is 14.8. The number of halogens is 1. The zero-order chi connectivity index (χ0) is 20.2. The van der Waals surface area contributed by atoms with Gasteiger partial charge >= 0.3 is 5.97 Å². The molecule has 146 valence electrons. The molecule has 0 aliphatic carbocycles. The summed E-state index contributed by atoms with van der Waals surface area (Å²) in [6.07, 6.45) is -1.18. The van der Waals surface area contributed by atoms with Gasteiger partial charge in [-0.05, 0) is 38.1 Å². The topological polar surface area (TPSA) is 119 Å². The van der Waals surface area contributed by atoms with Gasteiger partial charge in [0.15, 0.2) is 11.9 Å². The fourth-order valence-electron chi connectivity index (χ4n) is 1.99. The number of aryl methyl sites for hydroxylation is 1. The van der Waals surface area contributed by atoms with E-state index in [9.17, 15) is 22.4 Å². The fourth-order valence-corrected chi connectivity index (χ4v) is 3.11. The number of anilines is 1. The van der Waals surface area contributed by atoms with Crippen molar-refractivity contribution in [3.05, 3.63) is 41.9 Å². The average Bonchev–Trinajstić information content (AvgIpc) is 2.99. The molecular weight excluding hydrogens is 381 g/mol. The summed E-state index contributed by atoms with van der Waals surface area (Å²) < 4.78 is 48.1. The third kappa shape index (κ3) is 5.34. The van der Waals surface area contributed by atoms with Crippen molar-refractivity contribution in [2.75, 3.05) is 18.9 Å². The number of nitrogens with zero attached hydrogens (tertiary/aromatic N) is 2. The standard InChI is InChI=1S/C16H18FN3O6S/c1-10-8-14(19-26-10)18-16(22)11(2)25-15(21)9-20(3)27(23,24)13-6-4-12(17)5-7-13/h4-8,11H,9H2,1-3H3,(H,18,19,22)/t11-/m1/s1. The second kappa shape index (κ2) is 8.27. The van der Waals surface area contributed by atoms with Crippen LogP contribution >= 0.6 is 0 Å². The number of sulfonamides is 1. The Morgan fingerprint density at radius 1 is 1.33 bits per heavy atom. The van der Waals surface area contributed by atoms with Gasteiger partial charge in [0.25, 0.3) is 5.91 Å². The Morgan fingerprint density at radius 3 is 2.52 bits per heavy atom. The van der Waals surface area contributed by atoms with Crippen LogP contribution in [0.25, 0.3) is 0 Å². The Morgan fingerprint density at radius 2 is 1.96 bits per heavy atom. The monoisotopic (exact) mass is 399 g/mol. The number of benzene rings is 1. The van der Waals surface area contributed by atoms with Crippen molar-refractivity contribution in [1.82, 2.24) is 9.46 Å². The molecular formula is C16H18FN3O6S. The number of ether oxygens (including phenoxy) is 1. The number of nitrogens with one attached hydrogen (secondary N) is 1. The van der Waals surface area contributed by atoms with E-state index in [4.69, 9.17) is 9.26 Å². The molecule has 0 aliphatic heterocycles. The van der Waals surface area contributed by atoms with Crippen LogP contribution in [0.1, 0.15) is 12.7 Å². The number of esters is 1. The minimum atomic E-state index is -4.01. The maximum Gasteiger partial charge on any atom is 0.322 e. The van der Waals surface area contributed by atoms with Gasteiger partial charge in [0.05, 0.1) is 4.90 Å². The van der Waals surface area contributed by atoms with Crippen molar-refractivity contribution in [3.63, 3.8) is 0 Å². The molecule has 0 saturated carbocycles. The van der Waals surface area contributed by atoms with Crippen LogP contribution in [0.5, 0.6) is 0 Å². The number of likely N-dealkylation sites (N-methyl/N-ethyl adjacent to an activating group) is 1. The van der Waals surface area contributed by atoms with E-state index in [-0.39, 0.29) is 10.7 Å². The molecule has 27 heavy (non-hydrogen) atoms. The molecule has 0 aliphatic rings. The van der Waals surface area contributed by atoms with E-state index < -0.39 is 40.4 Å². The number of rotatable bonds is 7. The van der Waals surface area contributed by atoms with Gasteiger partial charge in [-0.25, -0.2) is 12.8 Å². The Hall–Kier alpha value is -2.79. The molecule has 9 nitrogen and oxygen atoms in total. The molecule has 1 amide bonds. The minimum absolute atomic E-state index is 0.163. The van der Waals surface area contributed by atoms with Gasteiger partial charge in [0, 0.05) is 13.1 Å². The van der Waals surface area contributed by atoms with E-state index in [1.807, 2.05) is 0 Å². The number of carbonyl (C=O) groups is 2. The van der Waals surface area contributed by atoms with Gasteiger partial charge < -0.3 is 14.6 Å². The molecule has 1 heterocycles. The summed E-state index contributed by atoms with van der Waals surface area (Å²) >= 11 is 0. The zero-order valence-corrected chi connectivity index (χ0v) is 15.6. The molecule has 2 aromatic rings. The predicted octanol–water partition coefficient (Wildman–Crippen LogP) is 1.31. The molecule has 1 N–H and O–H groups in total. The first-order chi connectivity index (χ1) is 12.6. The number of hydrogen-bond donors (Lipinski definition) is 1. The molecule has 11 heteroatoms. The summed E-state index contributed by atoms with van der Waals surface area (Å²) in [6, 6.07) is 5.65. The normalized spacial score (nSPS) is 12.6. The average molecular weight is 399 g/mol. The maximum absolute atomic E-state index is 12.9. The molecule has 0 unspecified atom stereocenters. The summed E-state index contributed by atoms with van der Waals surface area (Å²) in [4.78, 5) is 23.7. The number of hydrogen-bond acceptors (Lipinski definition) is 7. The molecule has 1 aromatic heterocycles. The molecule has 2 rings (SSSR count). The summed E-state index contributed by atoms with van der Waals surface area (Å²) in [6.45, 7) is 2.35. The van der Waals surface area contributed by atoms with Crippen molar-refractivity contribution < 1.29 is 31.7 Å². The summed E-state index contributed by atoms with van der Waals surface area (Å²) in [5, 5.41) is 5.97. The van der Waals surface area contributed by atoms with Crippen LogP contribution in [0.3, 0.4) is 0 Å². The molecule has 0 saturated heterocycles. The molecule has 1 aromatic carbocycles. The van der Waals surface area contributed by atoms with Crippen molar-refractivity contribution in [1.29, 1.82) is 0 Å². The first-order valence-corrected chi connectivity index (χ1v) is 9.19. The van der Waals surface area contributed by atoms with E-state index >= 15 is 0 Å². The van der Waals surface area contributed by atoms with Crippen molar-refractivity contribution in [2.45, 2.75) is 24.8 Å². The lowest BCUT2D eigenvalue weighted by Gasteiger charge is -2.18. The van der Waals surface area contributed by atoms with Gasteiger partial charge in [0.2, 0.25) is 10.0 Å². The smallest absolute Gasteiger partial charge is 0.322 e. The lowest BCUT2D eigenvalue weighted by Crippen LogP contribution is -2.37. The van der Waals surface area contributed by atoms with E-state index in [0.717, 1.165) is 28.6 Å². The van der Waals surface area contributed by atoms with Gasteiger partial charge in [-0.2, -0.15) is 4.31 Å². The fraction of sp³-hybridized carbons (Fsp3) is 0.312. The highest BCUT2D eigenvalue weighted by Gasteiger charge is 2.26. The number of amides is 1. The number of carbonyl (C=O) groups excluding carboxylic acids is 2. The minimum Gasteiger partial charge on any atom is -0.452 e. The predicted molar refractivity (Wildman–Crippen MR) is 91.6 cm³/mol. The Kier molecular flexibility index (Phi) is 6.28. The van der Waals surface area contributed by atoms with Gasteiger partial charge in [-0.3, -0.25) is 9.59 Å². The highest BCUT2D eigenvalue weighted by molar-refractivity contribution is 7.89. The van der Waals surface area contributed by atoms with E-state index in [1.165, 1.54) is 20.0 Å². The second-order valence-electron chi connectivity index (χ2n) is 5.66. The van der Waals surface area contributed by atoms with Crippen molar-refractivity contribution in [3.8, 4) is 0 Å². The van der Waals surface area contributed by atoms with Gasteiger partial charge in [0.1, 0.15) is 18.1 Å². The third-order valence-electron chi connectivity index (χ3n) is 3.43. The van der Waals surface area contributed by atoms with Crippen molar-refractivity contribution in [2.24, 2.45) is 0 Å². The van der Waals surface area contributed by atoms with E-state index in [1.54, 1.807) is 6.92 Å². The van der Waals surface area contributed by atoms with Crippen LogP contribution in [0.15, 0.2) is 39.8 Å². The highest BCUT2D eigenvalue weighted by atomic mass is 32.2. The molecule has 0 radical (unpaired) electrons. The van der Waals surface area contributed by atoms with Crippen LogP contribution in [0.4, 0.5) is 10.2 Å². The van der Waals surface area contributed by atoms with Crippen LogP contribution in [0.2, 0.25) is 0 Å². The highest BCUT2D eigenvalue weighted by Crippen LogP contribution is 2.15. The Bertz CT molecular complexity index is 926. The van der Waals surface area contributed by atoms with Crippen LogP contribution in [-0.4, -0.2) is 49.5 Å². The summed E-state index contributed by atoms with van der Waals surface area (Å²) in [5.41, 5.74) is 0. The molecule has 0 fully saturated rings. The van der Waals surface area contributed by atoms with E-state index in [2.05, 4.69) is 10.5 Å². The quantitative estimate of drug-likeness (QED) is 0.697. The van der Waals surface area contributed by atoms with Gasteiger partial charge in [-0.15, -0.1) is 0 Å². The second-order valence-corrected chi connectivity index (χ2v) is 7.70.